The third-order valence-corrected chi connectivity index (χ3v) is 5.26. The van der Waals surface area contributed by atoms with Gasteiger partial charge in [0.05, 0.1) is 5.60 Å². The Kier molecular flexibility index (Phi) is 4.91. The van der Waals surface area contributed by atoms with Crippen LogP contribution in [0.15, 0.2) is 24.5 Å². The van der Waals surface area contributed by atoms with Gasteiger partial charge in [-0.2, -0.15) is 0 Å². The molecule has 3 rings (SSSR count). The fraction of sp³-hybridized carbons (Fsp3) is 0.722. The highest BCUT2D eigenvalue weighted by molar-refractivity contribution is 5.17. The predicted octanol–water partition coefficient (Wildman–Crippen LogP) is 3.86. The van der Waals surface area contributed by atoms with Gasteiger partial charge in [-0.15, -0.1) is 0 Å². The minimum atomic E-state index is 0.182. The van der Waals surface area contributed by atoms with Crippen molar-refractivity contribution >= 4 is 0 Å². The lowest BCUT2D eigenvalue weighted by Crippen LogP contribution is -2.44. The van der Waals surface area contributed by atoms with Gasteiger partial charge in [-0.05, 0) is 55.8 Å². The van der Waals surface area contributed by atoms with Gasteiger partial charge >= 0.3 is 0 Å². The second kappa shape index (κ2) is 6.89. The van der Waals surface area contributed by atoms with Gasteiger partial charge in [0.1, 0.15) is 0 Å². The number of hydrogen-bond donors (Lipinski definition) is 1. The van der Waals surface area contributed by atoms with Crippen LogP contribution >= 0.6 is 0 Å². The summed E-state index contributed by atoms with van der Waals surface area (Å²) in [4.78, 5) is 4.16. The fourth-order valence-electron chi connectivity index (χ4n) is 4.24. The zero-order valence-corrected chi connectivity index (χ0v) is 13.2. The summed E-state index contributed by atoms with van der Waals surface area (Å²) in [7, 11) is 0. The van der Waals surface area contributed by atoms with E-state index in [0.717, 1.165) is 13.2 Å². The molecule has 1 aliphatic heterocycles. The van der Waals surface area contributed by atoms with Crippen LogP contribution in [0.3, 0.4) is 0 Å². The molecular formula is C18H28N2O. The molecule has 21 heavy (non-hydrogen) atoms. The minimum Gasteiger partial charge on any atom is -0.375 e. The van der Waals surface area contributed by atoms with E-state index >= 15 is 0 Å². The molecule has 0 bridgehead atoms. The van der Waals surface area contributed by atoms with Crippen LogP contribution < -0.4 is 5.32 Å². The van der Waals surface area contributed by atoms with Gasteiger partial charge < -0.3 is 10.1 Å². The van der Waals surface area contributed by atoms with E-state index in [1.165, 1.54) is 50.5 Å². The summed E-state index contributed by atoms with van der Waals surface area (Å²) in [5, 5.41) is 3.71. The predicted molar refractivity (Wildman–Crippen MR) is 85.1 cm³/mol. The molecule has 1 saturated carbocycles. The highest BCUT2D eigenvalue weighted by Gasteiger charge is 2.40. The van der Waals surface area contributed by atoms with Crippen molar-refractivity contribution in [1.82, 2.24) is 10.3 Å². The second-order valence-corrected chi connectivity index (χ2v) is 6.66. The van der Waals surface area contributed by atoms with E-state index in [0.29, 0.717) is 12.0 Å². The first kappa shape index (κ1) is 15.0. The highest BCUT2D eigenvalue weighted by Crippen LogP contribution is 2.44. The van der Waals surface area contributed by atoms with E-state index in [-0.39, 0.29) is 5.60 Å². The Labute approximate surface area is 128 Å². The Balaban J connectivity index is 1.76. The Hall–Kier alpha value is -0.930. The van der Waals surface area contributed by atoms with Crippen LogP contribution in [-0.4, -0.2) is 23.7 Å². The first-order valence-corrected chi connectivity index (χ1v) is 8.60. The molecular weight excluding hydrogens is 260 g/mol. The van der Waals surface area contributed by atoms with Gasteiger partial charge in [0.15, 0.2) is 0 Å². The van der Waals surface area contributed by atoms with Crippen LogP contribution in [0.25, 0.3) is 0 Å². The largest absolute Gasteiger partial charge is 0.375 e. The van der Waals surface area contributed by atoms with Gasteiger partial charge in [-0.3, -0.25) is 4.98 Å². The van der Waals surface area contributed by atoms with E-state index in [4.69, 9.17) is 4.74 Å². The molecule has 0 amide bonds. The average Bonchev–Trinajstić information content (AvgIpc) is 2.54. The van der Waals surface area contributed by atoms with Crippen LogP contribution in [0.5, 0.6) is 0 Å². The monoisotopic (exact) mass is 288 g/mol. The molecule has 1 saturated heterocycles. The van der Waals surface area contributed by atoms with E-state index < -0.39 is 0 Å². The molecule has 3 nitrogen and oxygen atoms in total. The van der Waals surface area contributed by atoms with Crippen molar-refractivity contribution in [3.8, 4) is 0 Å². The van der Waals surface area contributed by atoms with Crippen LogP contribution in [-0.2, 0) is 4.74 Å². The summed E-state index contributed by atoms with van der Waals surface area (Å²) in [6.45, 7) is 4.14. The maximum absolute atomic E-state index is 6.26. The summed E-state index contributed by atoms with van der Waals surface area (Å²) in [5.74, 6) is 0.680. The smallest absolute Gasteiger partial charge is 0.0686 e. The molecule has 2 unspecified atom stereocenters. The van der Waals surface area contributed by atoms with E-state index in [1.54, 1.807) is 0 Å². The first-order chi connectivity index (χ1) is 10.3. The average molecular weight is 288 g/mol. The normalized spacial score (nSPS) is 26.6. The van der Waals surface area contributed by atoms with Crippen molar-refractivity contribution in [2.45, 2.75) is 63.5 Å². The second-order valence-electron chi connectivity index (χ2n) is 6.66. The lowest BCUT2D eigenvalue weighted by molar-refractivity contribution is -0.122. The van der Waals surface area contributed by atoms with Crippen molar-refractivity contribution in [2.24, 2.45) is 5.92 Å². The van der Waals surface area contributed by atoms with Crippen LogP contribution in [0.1, 0.15) is 63.5 Å². The van der Waals surface area contributed by atoms with Gasteiger partial charge in [-0.25, -0.2) is 0 Å². The van der Waals surface area contributed by atoms with E-state index in [2.05, 4.69) is 29.4 Å². The zero-order chi connectivity index (χ0) is 14.5. The van der Waals surface area contributed by atoms with Crippen molar-refractivity contribution < 1.29 is 4.74 Å². The number of hydrogen-bond acceptors (Lipinski definition) is 3. The maximum atomic E-state index is 6.26. The third kappa shape index (κ3) is 3.46. The molecule has 1 N–H and O–H groups in total. The lowest BCUT2D eigenvalue weighted by atomic mass is 9.73. The van der Waals surface area contributed by atoms with Gasteiger partial charge in [0.2, 0.25) is 0 Å². The van der Waals surface area contributed by atoms with Crippen molar-refractivity contribution in [3.63, 3.8) is 0 Å². The van der Waals surface area contributed by atoms with Crippen LogP contribution in [0.2, 0.25) is 0 Å². The summed E-state index contributed by atoms with van der Waals surface area (Å²) in [6, 6.07) is 4.77. The zero-order valence-electron chi connectivity index (χ0n) is 13.2. The molecule has 1 aliphatic carbocycles. The van der Waals surface area contributed by atoms with Crippen LogP contribution in [0.4, 0.5) is 0 Å². The number of rotatable bonds is 4. The maximum Gasteiger partial charge on any atom is 0.0686 e. The summed E-state index contributed by atoms with van der Waals surface area (Å²) < 4.78 is 6.26. The van der Waals surface area contributed by atoms with Gasteiger partial charge in [-0.1, -0.05) is 26.2 Å². The summed E-state index contributed by atoms with van der Waals surface area (Å²) >= 11 is 0. The summed E-state index contributed by atoms with van der Waals surface area (Å²) in [6.07, 6.45) is 12.8. The van der Waals surface area contributed by atoms with Gasteiger partial charge in [0, 0.05) is 25.0 Å². The minimum absolute atomic E-state index is 0.182. The Morgan fingerprint density at radius 3 is 2.76 bits per heavy atom. The quantitative estimate of drug-likeness (QED) is 0.913. The van der Waals surface area contributed by atoms with Crippen molar-refractivity contribution in [2.75, 3.05) is 13.2 Å². The Morgan fingerprint density at radius 2 is 2.05 bits per heavy atom. The van der Waals surface area contributed by atoms with Crippen LogP contribution in [0, 0.1) is 5.92 Å². The fourth-order valence-corrected chi connectivity index (χ4v) is 4.24. The molecule has 2 heterocycles. The number of pyridine rings is 1. The Morgan fingerprint density at radius 1 is 1.29 bits per heavy atom. The number of aromatic nitrogens is 1. The molecule has 1 aromatic rings. The van der Waals surface area contributed by atoms with Crippen molar-refractivity contribution in [1.29, 1.82) is 0 Å². The first-order valence-electron chi connectivity index (χ1n) is 8.60. The molecule has 1 spiro atoms. The molecule has 0 radical (unpaired) electrons. The SMILES string of the molecule is CCNC(c1ccncc1)C1CCOC2(CCCCC2)C1. The standard InChI is InChI=1S/C18H28N2O/c1-2-20-17(15-6-11-19-12-7-15)16-8-13-21-18(14-16)9-4-3-5-10-18/h6-7,11-12,16-17,20H,2-5,8-10,13-14H2,1H3. The highest BCUT2D eigenvalue weighted by atomic mass is 16.5. The number of nitrogens with zero attached hydrogens (tertiary/aromatic N) is 1. The topological polar surface area (TPSA) is 34.2 Å². The van der Waals surface area contributed by atoms with E-state index in [1.807, 2.05) is 12.4 Å². The summed E-state index contributed by atoms with van der Waals surface area (Å²) in [5.41, 5.74) is 1.56. The Bertz CT molecular complexity index is 423. The molecule has 0 aromatic carbocycles. The molecule has 3 heteroatoms. The molecule has 2 aliphatic rings. The van der Waals surface area contributed by atoms with Crippen molar-refractivity contribution in [3.05, 3.63) is 30.1 Å². The van der Waals surface area contributed by atoms with Gasteiger partial charge in [0.25, 0.3) is 0 Å². The molecule has 116 valence electrons. The third-order valence-electron chi connectivity index (χ3n) is 5.26. The molecule has 1 aromatic heterocycles. The number of nitrogens with one attached hydrogen (secondary N) is 1. The molecule has 2 fully saturated rings. The lowest BCUT2D eigenvalue weighted by Gasteiger charge is -2.45. The van der Waals surface area contributed by atoms with E-state index in [9.17, 15) is 0 Å². The molecule has 2 atom stereocenters. The number of ether oxygens (including phenoxy) is 1.